The molecule has 1 rings (SSSR count). The number of benzene rings is 1. The lowest BCUT2D eigenvalue weighted by Gasteiger charge is -2.16. The fourth-order valence-corrected chi connectivity index (χ4v) is 2.15. The summed E-state index contributed by atoms with van der Waals surface area (Å²) in [6.45, 7) is 6.83. The van der Waals surface area contributed by atoms with E-state index in [4.69, 9.17) is 0 Å². The van der Waals surface area contributed by atoms with Gasteiger partial charge in [-0.2, -0.15) is 0 Å². The first-order valence-electron chi connectivity index (χ1n) is 6.46. The van der Waals surface area contributed by atoms with E-state index in [1.165, 1.54) is 31.2 Å². The summed E-state index contributed by atoms with van der Waals surface area (Å²) < 4.78 is 0. The molecule has 1 N–H and O–H groups in total. The smallest absolute Gasteiger partial charge is 0.115 e. The molecule has 0 aromatic heterocycles. The minimum atomic E-state index is 0.357. The van der Waals surface area contributed by atoms with Crippen LogP contribution in [0, 0.1) is 5.92 Å². The number of phenols is 1. The normalized spacial score (nSPS) is 13.0. The van der Waals surface area contributed by atoms with Crippen LogP contribution >= 0.6 is 0 Å². The Hall–Kier alpha value is -0.980. The molecule has 0 fully saturated rings. The molecule has 0 bridgehead atoms. The zero-order valence-corrected chi connectivity index (χ0v) is 10.7. The van der Waals surface area contributed by atoms with E-state index >= 15 is 0 Å². The molecule has 1 atom stereocenters. The van der Waals surface area contributed by atoms with E-state index in [1.807, 2.05) is 12.1 Å². The molecule has 0 saturated heterocycles. The van der Waals surface area contributed by atoms with Gasteiger partial charge in [0.15, 0.2) is 0 Å². The molecule has 0 aliphatic rings. The molecule has 0 amide bonds. The van der Waals surface area contributed by atoms with Crippen LogP contribution in [0.4, 0.5) is 0 Å². The molecule has 0 aliphatic carbocycles. The SMILES string of the molecule is CCC(CC)CCC(C)c1ccc(O)cc1. The highest BCUT2D eigenvalue weighted by molar-refractivity contribution is 5.27. The van der Waals surface area contributed by atoms with Crippen LogP contribution in [0.25, 0.3) is 0 Å². The van der Waals surface area contributed by atoms with Crippen LogP contribution in [0.1, 0.15) is 57.9 Å². The maximum absolute atomic E-state index is 9.23. The zero-order chi connectivity index (χ0) is 12.0. The first-order valence-corrected chi connectivity index (χ1v) is 6.46. The average molecular weight is 220 g/mol. The largest absolute Gasteiger partial charge is 0.508 e. The summed E-state index contributed by atoms with van der Waals surface area (Å²) in [7, 11) is 0. The van der Waals surface area contributed by atoms with Gasteiger partial charge in [0.2, 0.25) is 0 Å². The third-order valence-electron chi connectivity index (χ3n) is 3.62. The number of aromatic hydroxyl groups is 1. The molecule has 0 heterocycles. The van der Waals surface area contributed by atoms with E-state index in [9.17, 15) is 5.11 Å². The van der Waals surface area contributed by atoms with Gasteiger partial charge in [-0.15, -0.1) is 0 Å². The van der Waals surface area contributed by atoms with Gasteiger partial charge in [0.05, 0.1) is 0 Å². The number of rotatable bonds is 6. The van der Waals surface area contributed by atoms with E-state index in [0.29, 0.717) is 11.7 Å². The fourth-order valence-electron chi connectivity index (χ4n) is 2.15. The lowest BCUT2D eigenvalue weighted by atomic mass is 9.89. The Kier molecular flexibility index (Phi) is 5.37. The van der Waals surface area contributed by atoms with Crippen molar-refractivity contribution in [3.05, 3.63) is 29.8 Å². The van der Waals surface area contributed by atoms with Crippen molar-refractivity contribution < 1.29 is 5.11 Å². The summed E-state index contributed by atoms with van der Waals surface area (Å²) >= 11 is 0. The molecule has 0 radical (unpaired) electrons. The Balaban J connectivity index is 2.46. The van der Waals surface area contributed by atoms with E-state index in [-0.39, 0.29) is 0 Å². The first-order chi connectivity index (χ1) is 7.67. The highest BCUT2D eigenvalue weighted by atomic mass is 16.3. The predicted octanol–water partition coefficient (Wildman–Crippen LogP) is 4.71. The summed E-state index contributed by atoms with van der Waals surface area (Å²) in [6.07, 6.45) is 5.14. The van der Waals surface area contributed by atoms with Crippen LogP contribution in [0.2, 0.25) is 0 Å². The average Bonchev–Trinajstić information content (AvgIpc) is 2.31. The van der Waals surface area contributed by atoms with E-state index < -0.39 is 0 Å². The highest BCUT2D eigenvalue weighted by Crippen LogP contribution is 2.26. The lowest BCUT2D eigenvalue weighted by Crippen LogP contribution is -2.01. The number of hydrogen-bond acceptors (Lipinski definition) is 1. The van der Waals surface area contributed by atoms with Crippen molar-refractivity contribution in [2.75, 3.05) is 0 Å². The Bertz CT molecular complexity index is 285. The van der Waals surface area contributed by atoms with Gasteiger partial charge in [-0.3, -0.25) is 0 Å². The third kappa shape index (κ3) is 3.88. The molecule has 0 saturated carbocycles. The van der Waals surface area contributed by atoms with Crippen LogP contribution in [-0.2, 0) is 0 Å². The van der Waals surface area contributed by atoms with Crippen LogP contribution in [0.5, 0.6) is 5.75 Å². The minimum absolute atomic E-state index is 0.357. The molecule has 1 aromatic carbocycles. The molecule has 16 heavy (non-hydrogen) atoms. The van der Waals surface area contributed by atoms with Crippen molar-refractivity contribution in [1.82, 2.24) is 0 Å². The minimum Gasteiger partial charge on any atom is -0.508 e. The van der Waals surface area contributed by atoms with Crippen molar-refractivity contribution >= 4 is 0 Å². The quantitative estimate of drug-likeness (QED) is 0.736. The predicted molar refractivity (Wildman–Crippen MR) is 69.8 cm³/mol. The maximum atomic E-state index is 9.23. The molecular formula is C15H24O. The lowest BCUT2D eigenvalue weighted by molar-refractivity contribution is 0.423. The molecule has 0 aliphatic heterocycles. The van der Waals surface area contributed by atoms with Crippen LogP contribution in [0.3, 0.4) is 0 Å². The van der Waals surface area contributed by atoms with Crippen molar-refractivity contribution in [3.63, 3.8) is 0 Å². The van der Waals surface area contributed by atoms with E-state index in [1.54, 1.807) is 12.1 Å². The van der Waals surface area contributed by atoms with Crippen molar-refractivity contribution in [2.24, 2.45) is 5.92 Å². The van der Waals surface area contributed by atoms with Crippen LogP contribution in [0.15, 0.2) is 24.3 Å². The Morgan fingerprint density at radius 1 is 1.00 bits per heavy atom. The topological polar surface area (TPSA) is 20.2 Å². The summed E-state index contributed by atoms with van der Waals surface area (Å²) in [5.74, 6) is 1.83. The number of hydrogen-bond donors (Lipinski definition) is 1. The zero-order valence-electron chi connectivity index (χ0n) is 10.7. The van der Waals surface area contributed by atoms with Gasteiger partial charge in [0.25, 0.3) is 0 Å². The molecular weight excluding hydrogens is 196 g/mol. The second-order valence-corrected chi connectivity index (χ2v) is 4.75. The monoisotopic (exact) mass is 220 g/mol. The van der Waals surface area contributed by atoms with Crippen LogP contribution < -0.4 is 0 Å². The summed E-state index contributed by atoms with van der Waals surface area (Å²) in [5.41, 5.74) is 1.34. The molecule has 0 spiro atoms. The second kappa shape index (κ2) is 6.57. The molecule has 90 valence electrons. The second-order valence-electron chi connectivity index (χ2n) is 4.75. The van der Waals surface area contributed by atoms with Gasteiger partial charge in [-0.25, -0.2) is 0 Å². The van der Waals surface area contributed by atoms with Gasteiger partial charge >= 0.3 is 0 Å². The third-order valence-corrected chi connectivity index (χ3v) is 3.62. The summed E-state index contributed by atoms with van der Waals surface area (Å²) in [6, 6.07) is 7.63. The van der Waals surface area contributed by atoms with Gasteiger partial charge in [-0.05, 0) is 42.4 Å². The van der Waals surface area contributed by atoms with Crippen molar-refractivity contribution in [3.8, 4) is 5.75 Å². The van der Waals surface area contributed by atoms with Crippen molar-refractivity contribution in [2.45, 2.75) is 52.4 Å². The Morgan fingerprint density at radius 3 is 2.06 bits per heavy atom. The molecule has 1 unspecified atom stereocenters. The molecule has 1 aromatic rings. The van der Waals surface area contributed by atoms with Crippen molar-refractivity contribution in [1.29, 1.82) is 0 Å². The van der Waals surface area contributed by atoms with E-state index in [2.05, 4.69) is 20.8 Å². The highest BCUT2D eigenvalue weighted by Gasteiger charge is 2.09. The summed E-state index contributed by atoms with van der Waals surface area (Å²) in [4.78, 5) is 0. The van der Waals surface area contributed by atoms with Gasteiger partial charge in [0, 0.05) is 0 Å². The van der Waals surface area contributed by atoms with Gasteiger partial charge < -0.3 is 5.11 Å². The Morgan fingerprint density at radius 2 is 1.56 bits per heavy atom. The van der Waals surface area contributed by atoms with E-state index in [0.717, 1.165) is 5.92 Å². The fraction of sp³-hybridized carbons (Fsp3) is 0.600. The van der Waals surface area contributed by atoms with Gasteiger partial charge in [-0.1, -0.05) is 45.7 Å². The standard InChI is InChI=1S/C15H24O/c1-4-13(5-2)7-6-12(3)14-8-10-15(16)11-9-14/h8-13,16H,4-7H2,1-3H3. The summed E-state index contributed by atoms with van der Waals surface area (Å²) in [5, 5.41) is 9.23. The molecule has 1 nitrogen and oxygen atoms in total. The maximum Gasteiger partial charge on any atom is 0.115 e. The molecule has 1 heteroatoms. The number of phenolic OH excluding ortho intramolecular Hbond substituents is 1. The first kappa shape index (κ1) is 13.1. The van der Waals surface area contributed by atoms with Crippen LogP contribution in [-0.4, -0.2) is 5.11 Å². The Labute approximate surface area is 99.5 Å². The van der Waals surface area contributed by atoms with Gasteiger partial charge in [0.1, 0.15) is 5.75 Å².